The van der Waals surface area contributed by atoms with Crippen molar-refractivity contribution >= 4 is 11.5 Å². The molecule has 0 saturated carbocycles. The fraction of sp³-hybridized carbons (Fsp3) is 0.417. The van der Waals surface area contributed by atoms with E-state index in [4.69, 9.17) is 0 Å². The van der Waals surface area contributed by atoms with Crippen molar-refractivity contribution in [2.24, 2.45) is 0 Å². The summed E-state index contributed by atoms with van der Waals surface area (Å²) in [6.45, 7) is 1.92. The molecule has 1 atom stereocenters. The second kappa shape index (κ2) is 3.82. The molecule has 1 aliphatic heterocycles. The summed E-state index contributed by atoms with van der Waals surface area (Å²) >= 11 is 0. The Hall–Kier alpha value is -1.31. The molecule has 0 saturated heterocycles. The van der Waals surface area contributed by atoms with Crippen molar-refractivity contribution in [1.29, 1.82) is 0 Å². The van der Waals surface area contributed by atoms with E-state index >= 15 is 0 Å². The Labute approximate surface area is 84.3 Å². The van der Waals surface area contributed by atoms with Crippen LogP contribution in [0.1, 0.15) is 25.3 Å². The Bertz CT molecular complexity index is 346. The van der Waals surface area contributed by atoms with Gasteiger partial charge in [0, 0.05) is 12.1 Å². The standard InChI is InChI=1S/C12H15NO/c1-2-12(14)11-8-7-9-5-3-4-6-10(9)13-11/h3-6,11,13H,2,7-8H2,1H3. The largest absolute Gasteiger partial charge is 0.375 e. The van der Waals surface area contributed by atoms with E-state index < -0.39 is 0 Å². The molecule has 1 aromatic carbocycles. The number of carbonyl (C=O) groups is 1. The summed E-state index contributed by atoms with van der Waals surface area (Å²) in [6, 6.07) is 8.25. The van der Waals surface area contributed by atoms with Crippen LogP contribution in [-0.2, 0) is 11.2 Å². The lowest BCUT2D eigenvalue weighted by Crippen LogP contribution is -2.32. The van der Waals surface area contributed by atoms with Gasteiger partial charge in [-0.3, -0.25) is 4.79 Å². The minimum absolute atomic E-state index is 0.0369. The highest BCUT2D eigenvalue weighted by atomic mass is 16.1. The Morgan fingerprint density at radius 3 is 3.07 bits per heavy atom. The van der Waals surface area contributed by atoms with Gasteiger partial charge in [-0.15, -0.1) is 0 Å². The number of rotatable bonds is 2. The molecule has 1 unspecified atom stereocenters. The average Bonchev–Trinajstić information content (AvgIpc) is 2.27. The number of fused-ring (bicyclic) bond motifs is 1. The molecule has 2 heteroatoms. The van der Waals surface area contributed by atoms with E-state index in [1.807, 2.05) is 25.1 Å². The smallest absolute Gasteiger partial charge is 0.154 e. The van der Waals surface area contributed by atoms with Crippen LogP contribution in [0.5, 0.6) is 0 Å². The molecule has 0 aromatic heterocycles. The minimum atomic E-state index is 0.0369. The third kappa shape index (κ3) is 1.65. The molecule has 1 heterocycles. The maximum absolute atomic E-state index is 11.5. The Morgan fingerprint density at radius 1 is 1.50 bits per heavy atom. The van der Waals surface area contributed by atoms with E-state index in [1.54, 1.807) is 0 Å². The summed E-state index contributed by atoms with van der Waals surface area (Å²) in [5, 5.41) is 3.30. The van der Waals surface area contributed by atoms with Crippen molar-refractivity contribution in [3.63, 3.8) is 0 Å². The number of nitrogens with one attached hydrogen (secondary N) is 1. The second-order valence-corrected chi connectivity index (χ2v) is 3.71. The lowest BCUT2D eigenvalue weighted by molar-refractivity contribution is -0.119. The van der Waals surface area contributed by atoms with Gasteiger partial charge >= 0.3 is 0 Å². The zero-order valence-electron chi connectivity index (χ0n) is 8.42. The van der Waals surface area contributed by atoms with Crippen LogP contribution in [0, 0.1) is 0 Å². The molecular formula is C12H15NO. The van der Waals surface area contributed by atoms with Gasteiger partial charge in [0.15, 0.2) is 5.78 Å². The van der Waals surface area contributed by atoms with Gasteiger partial charge in [-0.25, -0.2) is 0 Å². The summed E-state index contributed by atoms with van der Waals surface area (Å²) in [5.41, 5.74) is 2.46. The fourth-order valence-corrected chi connectivity index (χ4v) is 1.93. The van der Waals surface area contributed by atoms with Crippen molar-refractivity contribution in [2.75, 3.05) is 5.32 Å². The van der Waals surface area contributed by atoms with Gasteiger partial charge in [-0.05, 0) is 24.5 Å². The SMILES string of the molecule is CCC(=O)C1CCc2ccccc2N1. The lowest BCUT2D eigenvalue weighted by atomic mass is 9.95. The maximum atomic E-state index is 11.5. The zero-order valence-corrected chi connectivity index (χ0v) is 8.42. The number of benzene rings is 1. The minimum Gasteiger partial charge on any atom is -0.375 e. The van der Waals surface area contributed by atoms with E-state index in [9.17, 15) is 4.79 Å². The van der Waals surface area contributed by atoms with Gasteiger partial charge in [0.25, 0.3) is 0 Å². The molecule has 14 heavy (non-hydrogen) atoms. The molecular weight excluding hydrogens is 174 g/mol. The van der Waals surface area contributed by atoms with Crippen LogP contribution in [-0.4, -0.2) is 11.8 Å². The second-order valence-electron chi connectivity index (χ2n) is 3.71. The van der Waals surface area contributed by atoms with Gasteiger partial charge in [0.05, 0.1) is 6.04 Å². The van der Waals surface area contributed by atoms with Gasteiger partial charge in [-0.1, -0.05) is 25.1 Å². The normalized spacial score (nSPS) is 19.6. The van der Waals surface area contributed by atoms with E-state index in [1.165, 1.54) is 5.56 Å². The number of ketones is 1. The molecule has 0 fully saturated rings. The fourth-order valence-electron chi connectivity index (χ4n) is 1.93. The first kappa shape index (κ1) is 9.25. The summed E-state index contributed by atoms with van der Waals surface area (Å²) in [4.78, 5) is 11.5. The summed E-state index contributed by atoms with van der Waals surface area (Å²) in [7, 11) is 0. The van der Waals surface area contributed by atoms with E-state index in [0.29, 0.717) is 12.2 Å². The molecule has 2 nitrogen and oxygen atoms in total. The number of carbonyl (C=O) groups excluding carboxylic acids is 1. The Kier molecular flexibility index (Phi) is 2.53. The summed E-state index contributed by atoms with van der Waals surface area (Å²) in [6.07, 6.45) is 2.57. The maximum Gasteiger partial charge on any atom is 0.154 e. The van der Waals surface area contributed by atoms with Crippen molar-refractivity contribution in [3.05, 3.63) is 29.8 Å². The highest BCUT2D eigenvalue weighted by molar-refractivity contribution is 5.87. The molecule has 0 amide bonds. The van der Waals surface area contributed by atoms with Crippen LogP contribution in [0.25, 0.3) is 0 Å². The first-order valence-electron chi connectivity index (χ1n) is 5.18. The Balaban J connectivity index is 2.17. The van der Waals surface area contributed by atoms with Crippen LogP contribution in [0.2, 0.25) is 0 Å². The van der Waals surface area contributed by atoms with Crippen molar-refractivity contribution in [3.8, 4) is 0 Å². The first-order chi connectivity index (χ1) is 6.81. The third-order valence-electron chi connectivity index (χ3n) is 2.79. The highest BCUT2D eigenvalue weighted by Crippen LogP contribution is 2.24. The molecule has 0 bridgehead atoms. The summed E-state index contributed by atoms with van der Waals surface area (Å²) in [5.74, 6) is 0.319. The van der Waals surface area contributed by atoms with Gasteiger partial charge in [0.2, 0.25) is 0 Å². The number of para-hydroxylation sites is 1. The third-order valence-corrected chi connectivity index (χ3v) is 2.79. The predicted molar refractivity (Wildman–Crippen MR) is 57.5 cm³/mol. The molecule has 1 aromatic rings. The van der Waals surface area contributed by atoms with Crippen LogP contribution < -0.4 is 5.32 Å². The van der Waals surface area contributed by atoms with Crippen LogP contribution >= 0.6 is 0 Å². The molecule has 0 radical (unpaired) electrons. The van der Waals surface area contributed by atoms with Crippen molar-refractivity contribution < 1.29 is 4.79 Å². The van der Waals surface area contributed by atoms with Gasteiger partial charge < -0.3 is 5.32 Å². The molecule has 1 N–H and O–H groups in total. The van der Waals surface area contributed by atoms with Crippen LogP contribution in [0.15, 0.2) is 24.3 Å². The molecule has 2 rings (SSSR count). The van der Waals surface area contributed by atoms with E-state index in [-0.39, 0.29) is 6.04 Å². The predicted octanol–water partition coefficient (Wildman–Crippen LogP) is 2.39. The number of aryl methyl sites for hydroxylation is 1. The zero-order chi connectivity index (χ0) is 9.97. The topological polar surface area (TPSA) is 29.1 Å². The quantitative estimate of drug-likeness (QED) is 0.774. The first-order valence-corrected chi connectivity index (χ1v) is 5.18. The summed E-state index contributed by atoms with van der Waals surface area (Å²) < 4.78 is 0. The number of Topliss-reactive ketones (excluding diaryl/α,β-unsaturated/α-hetero) is 1. The molecule has 0 spiro atoms. The van der Waals surface area contributed by atoms with Crippen LogP contribution in [0.4, 0.5) is 5.69 Å². The van der Waals surface area contributed by atoms with E-state index in [2.05, 4.69) is 11.4 Å². The lowest BCUT2D eigenvalue weighted by Gasteiger charge is -2.25. The van der Waals surface area contributed by atoms with Crippen molar-refractivity contribution in [1.82, 2.24) is 0 Å². The number of hydrogen-bond donors (Lipinski definition) is 1. The molecule has 1 aliphatic rings. The van der Waals surface area contributed by atoms with Crippen LogP contribution in [0.3, 0.4) is 0 Å². The van der Waals surface area contributed by atoms with E-state index in [0.717, 1.165) is 18.5 Å². The monoisotopic (exact) mass is 189 g/mol. The van der Waals surface area contributed by atoms with Crippen molar-refractivity contribution in [2.45, 2.75) is 32.2 Å². The highest BCUT2D eigenvalue weighted by Gasteiger charge is 2.21. The van der Waals surface area contributed by atoms with Gasteiger partial charge in [-0.2, -0.15) is 0 Å². The number of anilines is 1. The Morgan fingerprint density at radius 2 is 2.29 bits per heavy atom. The average molecular weight is 189 g/mol. The number of hydrogen-bond acceptors (Lipinski definition) is 2. The molecule has 74 valence electrons. The van der Waals surface area contributed by atoms with Gasteiger partial charge in [0.1, 0.15) is 0 Å². The molecule has 0 aliphatic carbocycles.